The lowest BCUT2D eigenvalue weighted by Gasteiger charge is -2.15. The number of methoxy groups -OCH3 is 1. The van der Waals surface area contributed by atoms with E-state index in [-0.39, 0.29) is 11.8 Å². The Morgan fingerprint density at radius 1 is 1.53 bits per heavy atom. The molecule has 0 aliphatic heterocycles. The summed E-state index contributed by atoms with van der Waals surface area (Å²) in [6.45, 7) is 3.86. The van der Waals surface area contributed by atoms with Gasteiger partial charge in [0.1, 0.15) is 5.75 Å². The maximum atomic E-state index is 12.2. The topological polar surface area (TPSA) is 38.3 Å². The van der Waals surface area contributed by atoms with E-state index in [0.717, 1.165) is 12.0 Å². The second-order valence-corrected chi connectivity index (χ2v) is 4.32. The Kier molecular flexibility index (Phi) is 4.97. The predicted octanol–water partition coefficient (Wildman–Crippen LogP) is 2.84. The molecule has 0 aromatic heterocycles. The molecule has 0 saturated heterocycles. The molecule has 17 heavy (non-hydrogen) atoms. The number of aryl methyl sites for hydroxylation is 1. The van der Waals surface area contributed by atoms with Crippen LogP contribution >= 0.6 is 11.6 Å². The summed E-state index contributed by atoms with van der Waals surface area (Å²) in [4.78, 5) is 12.2. The fraction of sp³-hybridized carbons (Fsp3) is 0.462. The standard InChI is InChI=1S/C13H18ClNO2/c1-5-11(15-3)13(16)9-7-10(14)12(17-4)6-8(9)2/h6-7,11,15H,5H2,1-4H3. The highest BCUT2D eigenvalue weighted by atomic mass is 35.5. The minimum absolute atomic E-state index is 0.0667. The first-order chi connectivity index (χ1) is 8.04. The van der Waals surface area contributed by atoms with Crippen LogP contribution in [0.15, 0.2) is 12.1 Å². The molecule has 0 spiro atoms. The SMILES string of the molecule is CCC(NC)C(=O)c1cc(Cl)c(OC)cc1C. The third kappa shape index (κ3) is 2.99. The van der Waals surface area contributed by atoms with E-state index in [1.807, 2.05) is 13.8 Å². The Bertz CT molecular complexity index is 414. The number of ether oxygens (including phenoxy) is 1. The summed E-state index contributed by atoms with van der Waals surface area (Å²) in [6.07, 6.45) is 0.748. The largest absolute Gasteiger partial charge is 0.495 e. The van der Waals surface area contributed by atoms with Gasteiger partial charge in [0.2, 0.25) is 0 Å². The molecule has 0 aliphatic rings. The van der Waals surface area contributed by atoms with Gasteiger partial charge in [-0.15, -0.1) is 0 Å². The minimum Gasteiger partial charge on any atom is -0.495 e. The van der Waals surface area contributed by atoms with Gasteiger partial charge in [-0.3, -0.25) is 4.79 Å². The first-order valence-corrected chi connectivity index (χ1v) is 5.98. The molecule has 0 amide bonds. The van der Waals surface area contributed by atoms with Gasteiger partial charge >= 0.3 is 0 Å². The summed E-state index contributed by atoms with van der Waals surface area (Å²) >= 11 is 6.04. The van der Waals surface area contributed by atoms with Gasteiger partial charge in [-0.1, -0.05) is 18.5 Å². The van der Waals surface area contributed by atoms with Crippen LogP contribution in [0.5, 0.6) is 5.75 Å². The van der Waals surface area contributed by atoms with E-state index < -0.39 is 0 Å². The van der Waals surface area contributed by atoms with Gasteiger partial charge in [0.05, 0.1) is 18.2 Å². The molecule has 1 aromatic carbocycles. The number of ketones is 1. The van der Waals surface area contributed by atoms with Gasteiger partial charge in [0.25, 0.3) is 0 Å². The number of nitrogens with one attached hydrogen (secondary N) is 1. The lowest BCUT2D eigenvalue weighted by molar-refractivity contribution is 0.0944. The van der Waals surface area contributed by atoms with E-state index in [9.17, 15) is 4.79 Å². The molecule has 0 radical (unpaired) electrons. The van der Waals surface area contributed by atoms with Crippen molar-refractivity contribution in [3.05, 3.63) is 28.3 Å². The molecule has 4 heteroatoms. The number of hydrogen-bond donors (Lipinski definition) is 1. The molecule has 1 atom stereocenters. The molecule has 1 aromatic rings. The number of hydrogen-bond acceptors (Lipinski definition) is 3. The van der Waals surface area contributed by atoms with Gasteiger partial charge in [-0.05, 0) is 38.1 Å². The maximum Gasteiger partial charge on any atom is 0.180 e. The molecule has 94 valence electrons. The predicted molar refractivity (Wildman–Crippen MR) is 70.2 cm³/mol. The van der Waals surface area contributed by atoms with Crippen LogP contribution in [-0.2, 0) is 0 Å². The summed E-state index contributed by atoms with van der Waals surface area (Å²) in [7, 11) is 3.34. The van der Waals surface area contributed by atoms with Crippen molar-refractivity contribution in [2.24, 2.45) is 0 Å². The zero-order valence-electron chi connectivity index (χ0n) is 10.6. The van der Waals surface area contributed by atoms with Crippen molar-refractivity contribution in [1.82, 2.24) is 5.32 Å². The molecule has 1 unspecified atom stereocenters. The fourth-order valence-corrected chi connectivity index (χ4v) is 2.03. The summed E-state index contributed by atoms with van der Waals surface area (Å²) < 4.78 is 5.11. The van der Waals surface area contributed by atoms with Crippen molar-refractivity contribution >= 4 is 17.4 Å². The summed E-state index contributed by atoms with van der Waals surface area (Å²) in [5.74, 6) is 0.662. The van der Waals surface area contributed by atoms with E-state index in [1.165, 1.54) is 0 Å². The number of likely N-dealkylation sites (N-methyl/N-ethyl adjacent to an activating group) is 1. The maximum absolute atomic E-state index is 12.2. The van der Waals surface area contributed by atoms with Gasteiger partial charge in [0, 0.05) is 5.56 Å². The fourth-order valence-electron chi connectivity index (χ4n) is 1.79. The summed E-state index contributed by atoms with van der Waals surface area (Å²) in [5, 5.41) is 3.47. The van der Waals surface area contributed by atoms with Crippen molar-refractivity contribution in [3.8, 4) is 5.75 Å². The Morgan fingerprint density at radius 2 is 2.18 bits per heavy atom. The number of carbonyl (C=O) groups excluding carboxylic acids is 1. The molecular formula is C13H18ClNO2. The zero-order chi connectivity index (χ0) is 13.0. The zero-order valence-corrected chi connectivity index (χ0v) is 11.4. The monoisotopic (exact) mass is 255 g/mol. The van der Waals surface area contributed by atoms with Crippen LogP contribution in [0, 0.1) is 6.92 Å². The van der Waals surface area contributed by atoms with Crippen LogP contribution in [0.2, 0.25) is 5.02 Å². The molecule has 0 fully saturated rings. The Hall–Kier alpha value is -1.06. The number of benzene rings is 1. The van der Waals surface area contributed by atoms with E-state index in [0.29, 0.717) is 16.3 Å². The van der Waals surface area contributed by atoms with E-state index >= 15 is 0 Å². The van der Waals surface area contributed by atoms with Crippen LogP contribution in [0.25, 0.3) is 0 Å². The van der Waals surface area contributed by atoms with Crippen LogP contribution in [0.3, 0.4) is 0 Å². The third-order valence-corrected chi connectivity index (χ3v) is 3.13. The number of carbonyl (C=O) groups is 1. The van der Waals surface area contributed by atoms with E-state index in [1.54, 1.807) is 26.3 Å². The molecular weight excluding hydrogens is 238 g/mol. The highest BCUT2D eigenvalue weighted by Gasteiger charge is 2.19. The van der Waals surface area contributed by atoms with Gasteiger partial charge in [0.15, 0.2) is 5.78 Å². The third-order valence-electron chi connectivity index (χ3n) is 2.84. The second kappa shape index (κ2) is 6.03. The summed E-state index contributed by atoms with van der Waals surface area (Å²) in [5.41, 5.74) is 1.53. The molecule has 0 aliphatic carbocycles. The molecule has 0 bridgehead atoms. The van der Waals surface area contributed by atoms with Gasteiger partial charge in [-0.2, -0.15) is 0 Å². The van der Waals surface area contributed by atoms with Crippen molar-refractivity contribution in [1.29, 1.82) is 0 Å². The molecule has 1 rings (SSSR count). The lowest BCUT2D eigenvalue weighted by atomic mass is 9.98. The molecule has 1 N–H and O–H groups in total. The van der Waals surface area contributed by atoms with E-state index in [2.05, 4.69) is 5.32 Å². The van der Waals surface area contributed by atoms with Crippen molar-refractivity contribution in [2.45, 2.75) is 26.3 Å². The average molecular weight is 256 g/mol. The molecule has 0 heterocycles. The summed E-state index contributed by atoms with van der Waals surface area (Å²) in [6, 6.07) is 3.30. The van der Waals surface area contributed by atoms with Crippen molar-refractivity contribution in [2.75, 3.05) is 14.2 Å². The Morgan fingerprint density at radius 3 is 2.65 bits per heavy atom. The normalized spacial score (nSPS) is 12.3. The smallest absolute Gasteiger partial charge is 0.180 e. The highest BCUT2D eigenvalue weighted by Crippen LogP contribution is 2.28. The van der Waals surface area contributed by atoms with Gasteiger partial charge < -0.3 is 10.1 Å². The minimum atomic E-state index is -0.168. The lowest BCUT2D eigenvalue weighted by Crippen LogP contribution is -2.33. The van der Waals surface area contributed by atoms with Crippen LogP contribution in [-0.4, -0.2) is 26.0 Å². The number of Topliss-reactive ketones (excluding diaryl/α,β-unsaturated/α-hetero) is 1. The molecule has 3 nitrogen and oxygen atoms in total. The van der Waals surface area contributed by atoms with Crippen LogP contribution < -0.4 is 10.1 Å². The van der Waals surface area contributed by atoms with Crippen molar-refractivity contribution < 1.29 is 9.53 Å². The van der Waals surface area contributed by atoms with Gasteiger partial charge in [-0.25, -0.2) is 0 Å². The van der Waals surface area contributed by atoms with Crippen LogP contribution in [0.1, 0.15) is 29.3 Å². The first kappa shape index (κ1) is 14.0. The van der Waals surface area contributed by atoms with Crippen molar-refractivity contribution in [3.63, 3.8) is 0 Å². The first-order valence-electron chi connectivity index (χ1n) is 5.60. The quantitative estimate of drug-likeness (QED) is 0.823. The molecule has 0 saturated carbocycles. The van der Waals surface area contributed by atoms with Crippen LogP contribution in [0.4, 0.5) is 0 Å². The number of rotatable bonds is 5. The average Bonchev–Trinajstić information content (AvgIpc) is 2.32. The second-order valence-electron chi connectivity index (χ2n) is 3.92. The van der Waals surface area contributed by atoms with E-state index in [4.69, 9.17) is 16.3 Å². The highest BCUT2D eigenvalue weighted by molar-refractivity contribution is 6.32. The Labute approximate surface area is 107 Å². The number of halogens is 1. The Balaban J connectivity index is 3.14.